The van der Waals surface area contributed by atoms with Crippen molar-refractivity contribution in [3.8, 4) is 0 Å². The van der Waals surface area contributed by atoms with E-state index in [0.29, 0.717) is 17.5 Å². The van der Waals surface area contributed by atoms with Crippen LogP contribution < -0.4 is 5.73 Å². The topological polar surface area (TPSA) is 59.2 Å². The summed E-state index contributed by atoms with van der Waals surface area (Å²) in [5.74, 6) is 0.606. The van der Waals surface area contributed by atoms with Crippen LogP contribution in [0.3, 0.4) is 0 Å². The smallest absolute Gasteiger partial charge is 0.255 e. The summed E-state index contributed by atoms with van der Waals surface area (Å²) in [6.07, 6.45) is 6.50. The number of pyridine rings is 1. The van der Waals surface area contributed by atoms with Gasteiger partial charge in [-0.15, -0.1) is 0 Å². The van der Waals surface area contributed by atoms with E-state index in [4.69, 9.17) is 5.73 Å². The van der Waals surface area contributed by atoms with Gasteiger partial charge in [-0.1, -0.05) is 0 Å². The molecule has 3 unspecified atom stereocenters. The van der Waals surface area contributed by atoms with Crippen LogP contribution in [0.4, 0.5) is 0 Å². The lowest BCUT2D eigenvalue weighted by Crippen LogP contribution is -2.35. The summed E-state index contributed by atoms with van der Waals surface area (Å²) in [6.45, 7) is 0.819. The number of hydrogen-bond donors (Lipinski definition) is 1. The third-order valence-corrected chi connectivity index (χ3v) is 4.05. The van der Waals surface area contributed by atoms with Gasteiger partial charge in [-0.05, 0) is 37.3 Å². The lowest BCUT2D eigenvalue weighted by atomic mass is 9.86. The average molecular weight is 231 g/mol. The van der Waals surface area contributed by atoms with Crippen molar-refractivity contribution >= 4 is 5.91 Å². The van der Waals surface area contributed by atoms with Gasteiger partial charge in [0.1, 0.15) is 0 Å². The molecule has 4 nitrogen and oxygen atoms in total. The summed E-state index contributed by atoms with van der Waals surface area (Å²) in [7, 11) is 0. The van der Waals surface area contributed by atoms with Gasteiger partial charge >= 0.3 is 0 Å². The fraction of sp³-hybridized carbons (Fsp3) is 0.538. The average Bonchev–Trinajstić information content (AvgIpc) is 2.74. The maximum Gasteiger partial charge on any atom is 0.255 e. The van der Waals surface area contributed by atoms with Crippen LogP contribution in [0.2, 0.25) is 0 Å². The Morgan fingerprint density at radius 1 is 1.47 bits per heavy atom. The highest BCUT2D eigenvalue weighted by Crippen LogP contribution is 2.35. The monoisotopic (exact) mass is 231 g/mol. The normalized spacial score (nSPS) is 31.6. The molecule has 90 valence electrons. The molecule has 1 aliphatic heterocycles. The minimum Gasteiger partial charge on any atom is -0.335 e. The Balaban J connectivity index is 1.80. The van der Waals surface area contributed by atoms with Crippen molar-refractivity contribution < 1.29 is 4.79 Å². The van der Waals surface area contributed by atoms with Gasteiger partial charge < -0.3 is 10.6 Å². The summed E-state index contributed by atoms with van der Waals surface area (Å²) >= 11 is 0. The summed E-state index contributed by atoms with van der Waals surface area (Å²) < 4.78 is 0. The van der Waals surface area contributed by atoms with Gasteiger partial charge in [-0.2, -0.15) is 0 Å². The first-order valence-corrected chi connectivity index (χ1v) is 6.22. The number of carbonyl (C=O) groups excluding carboxylic acids is 1. The first-order chi connectivity index (χ1) is 8.25. The predicted octanol–water partition coefficient (Wildman–Crippen LogP) is 1.03. The van der Waals surface area contributed by atoms with Crippen molar-refractivity contribution in [2.45, 2.75) is 31.3 Å². The lowest BCUT2D eigenvalue weighted by molar-refractivity contribution is 0.0732. The highest BCUT2D eigenvalue weighted by molar-refractivity contribution is 5.94. The summed E-state index contributed by atoms with van der Waals surface area (Å²) in [6, 6.07) is 4.31. The van der Waals surface area contributed by atoms with Crippen LogP contribution in [0.15, 0.2) is 24.5 Å². The number of hydrogen-bond acceptors (Lipinski definition) is 3. The molecule has 1 aromatic rings. The Morgan fingerprint density at radius 2 is 2.35 bits per heavy atom. The third-order valence-electron chi connectivity index (χ3n) is 4.05. The van der Waals surface area contributed by atoms with Crippen LogP contribution in [0, 0.1) is 5.92 Å². The molecule has 3 rings (SSSR count). The number of amides is 1. The molecular formula is C13H17N3O. The van der Waals surface area contributed by atoms with E-state index in [-0.39, 0.29) is 11.9 Å². The molecule has 1 aromatic heterocycles. The standard InChI is InChI=1S/C13H17N3O/c14-12-4-3-11-6-10(12)8-16(11)13(17)9-2-1-5-15-7-9/h1-2,5,7,10-12H,3-4,6,8,14H2. The lowest BCUT2D eigenvalue weighted by Gasteiger charge is -2.26. The van der Waals surface area contributed by atoms with E-state index in [9.17, 15) is 4.79 Å². The molecule has 0 aromatic carbocycles. The number of aromatic nitrogens is 1. The Morgan fingerprint density at radius 3 is 3.06 bits per heavy atom. The van der Waals surface area contributed by atoms with Gasteiger partial charge in [0.15, 0.2) is 0 Å². The molecule has 2 N–H and O–H groups in total. The summed E-state index contributed by atoms with van der Waals surface area (Å²) in [5.41, 5.74) is 6.76. The van der Waals surface area contributed by atoms with E-state index in [1.165, 1.54) is 0 Å². The van der Waals surface area contributed by atoms with E-state index in [0.717, 1.165) is 25.8 Å². The number of nitrogens with two attached hydrogens (primary N) is 1. The Kier molecular flexibility index (Phi) is 2.59. The molecule has 2 fully saturated rings. The zero-order chi connectivity index (χ0) is 11.8. The maximum atomic E-state index is 12.3. The van der Waals surface area contributed by atoms with Crippen LogP contribution in [0.25, 0.3) is 0 Å². The molecule has 2 aliphatic rings. The fourth-order valence-corrected chi connectivity index (χ4v) is 3.06. The fourth-order valence-electron chi connectivity index (χ4n) is 3.06. The molecular weight excluding hydrogens is 214 g/mol. The second kappa shape index (κ2) is 4.11. The van der Waals surface area contributed by atoms with Crippen molar-refractivity contribution in [3.05, 3.63) is 30.1 Å². The number of nitrogens with zero attached hydrogens (tertiary/aromatic N) is 2. The Bertz CT molecular complexity index is 420. The number of fused-ring (bicyclic) bond motifs is 2. The van der Waals surface area contributed by atoms with Crippen LogP contribution in [0.1, 0.15) is 29.6 Å². The maximum absolute atomic E-state index is 12.3. The van der Waals surface area contributed by atoms with E-state index in [2.05, 4.69) is 4.98 Å². The number of carbonyl (C=O) groups is 1. The van der Waals surface area contributed by atoms with Gasteiger partial charge in [-0.25, -0.2) is 0 Å². The second-order valence-corrected chi connectivity index (χ2v) is 5.09. The molecule has 2 heterocycles. The molecule has 1 aliphatic carbocycles. The minimum absolute atomic E-state index is 0.111. The van der Waals surface area contributed by atoms with Crippen molar-refractivity contribution in [1.82, 2.24) is 9.88 Å². The molecule has 17 heavy (non-hydrogen) atoms. The van der Waals surface area contributed by atoms with Gasteiger partial charge in [0, 0.05) is 31.0 Å². The third kappa shape index (κ3) is 1.82. The molecule has 1 amide bonds. The molecule has 1 saturated carbocycles. The first-order valence-electron chi connectivity index (χ1n) is 6.22. The van der Waals surface area contributed by atoms with Crippen molar-refractivity contribution in [3.63, 3.8) is 0 Å². The minimum atomic E-state index is 0.111. The van der Waals surface area contributed by atoms with Crippen molar-refractivity contribution in [1.29, 1.82) is 0 Å². The van der Waals surface area contributed by atoms with E-state index in [1.54, 1.807) is 18.5 Å². The molecule has 0 radical (unpaired) electrons. The zero-order valence-electron chi connectivity index (χ0n) is 9.75. The van der Waals surface area contributed by atoms with E-state index >= 15 is 0 Å². The van der Waals surface area contributed by atoms with Gasteiger partial charge in [-0.3, -0.25) is 9.78 Å². The SMILES string of the molecule is NC1CCC2CC1CN2C(=O)c1cccnc1. The molecule has 3 atom stereocenters. The van der Waals surface area contributed by atoms with Crippen LogP contribution in [-0.2, 0) is 0 Å². The predicted molar refractivity (Wildman–Crippen MR) is 64.4 cm³/mol. The quantitative estimate of drug-likeness (QED) is 0.785. The number of likely N-dealkylation sites (tertiary alicyclic amines) is 1. The highest BCUT2D eigenvalue weighted by Gasteiger charge is 2.41. The van der Waals surface area contributed by atoms with E-state index in [1.807, 2.05) is 11.0 Å². The zero-order valence-corrected chi connectivity index (χ0v) is 9.75. The molecule has 0 spiro atoms. The molecule has 2 bridgehead atoms. The van der Waals surface area contributed by atoms with Crippen molar-refractivity contribution in [2.24, 2.45) is 11.7 Å². The summed E-state index contributed by atoms with van der Waals surface area (Å²) in [5, 5.41) is 0. The first kappa shape index (κ1) is 10.7. The van der Waals surface area contributed by atoms with Gasteiger partial charge in [0.25, 0.3) is 5.91 Å². The molecule has 1 saturated heterocycles. The number of rotatable bonds is 1. The van der Waals surface area contributed by atoms with Crippen LogP contribution in [0.5, 0.6) is 0 Å². The molecule has 4 heteroatoms. The van der Waals surface area contributed by atoms with Crippen LogP contribution in [-0.4, -0.2) is 34.4 Å². The Labute approximate surface area is 101 Å². The van der Waals surface area contributed by atoms with Crippen molar-refractivity contribution in [2.75, 3.05) is 6.54 Å². The van der Waals surface area contributed by atoms with Gasteiger partial charge in [0.2, 0.25) is 0 Å². The second-order valence-electron chi connectivity index (χ2n) is 5.09. The Hall–Kier alpha value is -1.42. The largest absolute Gasteiger partial charge is 0.335 e. The van der Waals surface area contributed by atoms with Gasteiger partial charge in [0.05, 0.1) is 5.56 Å². The summed E-state index contributed by atoms with van der Waals surface area (Å²) in [4.78, 5) is 18.3. The van der Waals surface area contributed by atoms with E-state index < -0.39 is 0 Å². The van der Waals surface area contributed by atoms with Crippen LogP contribution >= 0.6 is 0 Å². The highest BCUT2D eigenvalue weighted by atomic mass is 16.2.